The van der Waals surface area contributed by atoms with Crippen LogP contribution in [0.25, 0.3) is 0 Å². The minimum absolute atomic E-state index is 0.0579. The number of carboxylic acid groups (broad SMARTS) is 1. The van der Waals surface area contributed by atoms with E-state index in [4.69, 9.17) is 5.11 Å². The first-order valence-electron chi connectivity index (χ1n) is 12.2. The molecule has 4 rings (SSSR count). The lowest BCUT2D eigenvalue weighted by molar-refractivity contribution is -0.140. The summed E-state index contributed by atoms with van der Waals surface area (Å²) in [5.74, 6) is -2.47. The number of rotatable bonds is 8. The molecule has 2 N–H and O–H groups in total. The smallest absolute Gasteiger partial charge is 0.387 e. The molecule has 2 amide bonds. The molecule has 37 heavy (non-hydrogen) atoms. The van der Waals surface area contributed by atoms with E-state index in [2.05, 4.69) is 10.1 Å². The van der Waals surface area contributed by atoms with Crippen LogP contribution in [0, 0.1) is 5.82 Å². The van der Waals surface area contributed by atoms with Crippen molar-refractivity contribution in [3.63, 3.8) is 0 Å². The van der Waals surface area contributed by atoms with E-state index in [-0.39, 0.29) is 42.7 Å². The Hall–Kier alpha value is -3.56. The number of hydrogen-bond donors (Lipinski definition) is 2. The molecule has 0 saturated carbocycles. The van der Waals surface area contributed by atoms with Gasteiger partial charge in [-0.05, 0) is 77.6 Å². The van der Waals surface area contributed by atoms with Gasteiger partial charge in [0.2, 0.25) is 5.91 Å². The molecule has 0 fully saturated rings. The number of amides is 2. The normalized spacial score (nSPS) is 17.8. The monoisotopic (exact) mass is 518 g/mol. The molecule has 198 valence electrons. The second-order valence-corrected chi connectivity index (χ2v) is 10.1. The Morgan fingerprint density at radius 1 is 1.14 bits per heavy atom. The lowest BCUT2D eigenvalue weighted by Gasteiger charge is -2.36. The van der Waals surface area contributed by atoms with E-state index in [9.17, 15) is 27.6 Å². The van der Waals surface area contributed by atoms with Crippen LogP contribution in [-0.2, 0) is 32.6 Å². The van der Waals surface area contributed by atoms with Crippen LogP contribution in [0.1, 0.15) is 67.8 Å². The van der Waals surface area contributed by atoms with Crippen LogP contribution in [-0.4, -0.2) is 40.9 Å². The number of carboxylic acids is 1. The summed E-state index contributed by atoms with van der Waals surface area (Å²) >= 11 is 0. The van der Waals surface area contributed by atoms with Gasteiger partial charge in [0.25, 0.3) is 5.91 Å². The van der Waals surface area contributed by atoms with Crippen molar-refractivity contribution < 1.29 is 37.4 Å². The number of alkyl halides is 2. The van der Waals surface area contributed by atoms with Crippen molar-refractivity contribution in [1.29, 1.82) is 0 Å². The number of nitrogens with one attached hydrogen (secondary N) is 1. The number of anilines is 1. The highest BCUT2D eigenvalue weighted by Crippen LogP contribution is 2.41. The van der Waals surface area contributed by atoms with Crippen LogP contribution in [0.2, 0.25) is 0 Å². The van der Waals surface area contributed by atoms with E-state index in [0.29, 0.717) is 29.5 Å². The van der Waals surface area contributed by atoms with Crippen molar-refractivity contribution in [3.05, 3.63) is 58.4 Å². The number of ether oxygens (including phenoxy) is 1. The van der Waals surface area contributed by atoms with Gasteiger partial charge in [-0.25, -0.2) is 4.39 Å². The number of aryl methyl sites for hydroxylation is 1. The molecule has 0 spiro atoms. The lowest BCUT2D eigenvalue weighted by Crippen LogP contribution is -2.45. The molecule has 2 aliphatic rings. The first-order chi connectivity index (χ1) is 17.5. The van der Waals surface area contributed by atoms with Crippen molar-refractivity contribution in [2.45, 2.75) is 70.4 Å². The van der Waals surface area contributed by atoms with Crippen molar-refractivity contribution in [3.8, 4) is 5.75 Å². The maximum absolute atomic E-state index is 15.0. The molecule has 1 atom stereocenters. The zero-order chi connectivity index (χ0) is 26.9. The Kier molecular flexibility index (Phi) is 7.47. The summed E-state index contributed by atoms with van der Waals surface area (Å²) < 4.78 is 44.9. The molecule has 0 unspecified atom stereocenters. The second-order valence-electron chi connectivity index (χ2n) is 10.1. The number of carbonyl (C=O) groups excluding carboxylic acids is 2. The second kappa shape index (κ2) is 10.4. The molecule has 0 saturated heterocycles. The van der Waals surface area contributed by atoms with E-state index in [0.717, 1.165) is 12.0 Å². The standard InChI is InChI=1S/C27H29F3N2O5/c1-27(2)10-8-16-12-17(14-20(28)23(16)27)31-25(36)24-19-7-6-18(37-26(29)30)13-15(19)9-11-32(24)21(33)4-3-5-22(34)35/h6-7,12-14,24,26H,3-5,8-11H2,1-2H3,(H,31,36)(H,34,35)/t24-/m1/s1. The number of benzene rings is 2. The molecule has 0 radical (unpaired) electrons. The summed E-state index contributed by atoms with van der Waals surface area (Å²) in [4.78, 5) is 38.8. The third kappa shape index (κ3) is 5.73. The summed E-state index contributed by atoms with van der Waals surface area (Å²) in [5, 5.41) is 11.6. The van der Waals surface area contributed by atoms with Crippen LogP contribution in [0.4, 0.5) is 18.9 Å². The maximum atomic E-state index is 15.0. The predicted octanol–water partition coefficient (Wildman–Crippen LogP) is 4.97. The fraction of sp³-hybridized carbons (Fsp3) is 0.444. The van der Waals surface area contributed by atoms with Gasteiger partial charge in [0, 0.05) is 25.1 Å². The zero-order valence-electron chi connectivity index (χ0n) is 20.7. The number of carbonyl (C=O) groups is 3. The molecule has 10 heteroatoms. The quantitative estimate of drug-likeness (QED) is 0.515. The number of hydrogen-bond acceptors (Lipinski definition) is 4. The molecule has 2 aromatic rings. The molecule has 7 nitrogen and oxygen atoms in total. The molecular formula is C27H29F3N2O5. The van der Waals surface area contributed by atoms with E-state index in [1.165, 1.54) is 29.2 Å². The molecule has 1 aliphatic heterocycles. The van der Waals surface area contributed by atoms with E-state index >= 15 is 0 Å². The van der Waals surface area contributed by atoms with Gasteiger partial charge in [-0.2, -0.15) is 8.78 Å². The highest BCUT2D eigenvalue weighted by molar-refractivity contribution is 5.98. The van der Waals surface area contributed by atoms with Crippen LogP contribution >= 0.6 is 0 Å². The molecule has 1 heterocycles. The van der Waals surface area contributed by atoms with Gasteiger partial charge in [-0.1, -0.05) is 19.9 Å². The number of fused-ring (bicyclic) bond motifs is 2. The minimum Gasteiger partial charge on any atom is -0.481 e. The Labute approximate surface area is 212 Å². The van der Waals surface area contributed by atoms with Crippen molar-refractivity contribution >= 4 is 23.5 Å². The molecule has 2 aromatic carbocycles. The first-order valence-corrected chi connectivity index (χ1v) is 12.2. The van der Waals surface area contributed by atoms with Crippen LogP contribution in [0.5, 0.6) is 5.75 Å². The Morgan fingerprint density at radius 3 is 2.59 bits per heavy atom. The lowest BCUT2D eigenvalue weighted by atomic mass is 9.86. The zero-order valence-corrected chi connectivity index (χ0v) is 20.7. The third-order valence-electron chi connectivity index (χ3n) is 7.05. The Bertz CT molecular complexity index is 1230. The minimum atomic E-state index is -3.01. The maximum Gasteiger partial charge on any atom is 0.387 e. The highest BCUT2D eigenvalue weighted by Gasteiger charge is 2.37. The van der Waals surface area contributed by atoms with Crippen molar-refractivity contribution in [1.82, 2.24) is 4.90 Å². The van der Waals surface area contributed by atoms with Crippen LogP contribution < -0.4 is 10.1 Å². The summed E-state index contributed by atoms with van der Waals surface area (Å²) in [5.41, 5.74) is 2.44. The average molecular weight is 519 g/mol. The highest BCUT2D eigenvalue weighted by atomic mass is 19.3. The average Bonchev–Trinajstić information content (AvgIpc) is 3.12. The van der Waals surface area contributed by atoms with Crippen molar-refractivity contribution in [2.75, 3.05) is 11.9 Å². The largest absolute Gasteiger partial charge is 0.481 e. The fourth-order valence-corrected chi connectivity index (χ4v) is 5.34. The van der Waals surface area contributed by atoms with Crippen LogP contribution in [0.15, 0.2) is 30.3 Å². The summed E-state index contributed by atoms with van der Waals surface area (Å²) in [7, 11) is 0. The van der Waals surface area contributed by atoms with Gasteiger partial charge >= 0.3 is 12.6 Å². The van der Waals surface area contributed by atoms with Crippen molar-refractivity contribution in [2.24, 2.45) is 0 Å². The van der Waals surface area contributed by atoms with Gasteiger partial charge in [0.15, 0.2) is 0 Å². The van der Waals surface area contributed by atoms with Gasteiger partial charge in [-0.3, -0.25) is 14.4 Å². The number of halogens is 3. The first kappa shape index (κ1) is 26.5. The molecule has 1 aliphatic carbocycles. The van der Waals surface area contributed by atoms with E-state index in [1.54, 1.807) is 6.07 Å². The summed E-state index contributed by atoms with van der Waals surface area (Å²) in [6.07, 6.45) is 1.61. The topological polar surface area (TPSA) is 95.9 Å². The van der Waals surface area contributed by atoms with E-state index < -0.39 is 36.3 Å². The van der Waals surface area contributed by atoms with Gasteiger partial charge in [-0.15, -0.1) is 0 Å². The number of nitrogens with zero attached hydrogens (tertiary/aromatic N) is 1. The third-order valence-corrected chi connectivity index (χ3v) is 7.05. The van der Waals surface area contributed by atoms with Gasteiger partial charge in [0.05, 0.1) is 0 Å². The summed E-state index contributed by atoms with van der Waals surface area (Å²) in [6, 6.07) is 6.11. The fourth-order valence-electron chi connectivity index (χ4n) is 5.34. The number of aliphatic carboxylic acids is 1. The Balaban J connectivity index is 1.63. The van der Waals surface area contributed by atoms with Gasteiger partial charge in [0.1, 0.15) is 17.6 Å². The molecule has 0 aromatic heterocycles. The van der Waals surface area contributed by atoms with Gasteiger partial charge < -0.3 is 20.1 Å². The molecule has 0 bridgehead atoms. The molecular weight excluding hydrogens is 489 g/mol. The Morgan fingerprint density at radius 2 is 1.89 bits per heavy atom. The predicted molar refractivity (Wildman–Crippen MR) is 129 cm³/mol. The summed E-state index contributed by atoms with van der Waals surface area (Å²) in [6.45, 7) is 1.06. The SMILES string of the molecule is CC1(C)CCc2cc(NC(=O)[C@H]3c4ccc(OC(F)F)cc4CCN3C(=O)CCCC(=O)O)cc(F)c21. The van der Waals surface area contributed by atoms with Crippen LogP contribution in [0.3, 0.4) is 0 Å². The van der Waals surface area contributed by atoms with E-state index in [1.807, 2.05) is 13.8 Å².